The van der Waals surface area contributed by atoms with Crippen LogP contribution < -0.4 is 10.6 Å². The van der Waals surface area contributed by atoms with Crippen molar-refractivity contribution >= 4 is 11.4 Å². The molecule has 20 heavy (non-hydrogen) atoms. The van der Waals surface area contributed by atoms with Gasteiger partial charge in [-0.25, -0.2) is 0 Å². The molecule has 1 saturated heterocycles. The van der Waals surface area contributed by atoms with E-state index in [4.69, 9.17) is 10.5 Å². The molecule has 0 radical (unpaired) electrons. The molecule has 0 saturated carbocycles. The van der Waals surface area contributed by atoms with Gasteiger partial charge in [0.05, 0.1) is 24.1 Å². The van der Waals surface area contributed by atoms with E-state index in [2.05, 4.69) is 36.6 Å². The van der Waals surface area contributed by atoms with E-state index in [9.17, 15) is 0 Å². The minimum Gasteiger partial charge on any atom is -0.397 e. The molecule has 4 nitrogen and oxygen atoms in total. The molecule has 1 atom stereocenters. The Hall–Kier alpha value is -1.26. The van der Waals surface area contributed by atoms with E-state index in [0.29, 0.717) is 6.04 Å². The SMILES string of the molecule is CCN(CC1CN(C(C)C)CCO1)c1ccccc1N. The Morgan fingerprint density at radius 3 is 2.80 bits per heavy atom. The maximum Gasteiger partial charge on any atom is 0.0877 e. The minimum absolute atomic E-state index is 0.255. The molecular weight excluding hydrogens is 250 g/mol. The van der Waals surface area contributed by atoms with Gasteiger partial charge < -0.3 is 15.4 Å². The maximum absolute atomic E-state index is 6.08. The van der Waals surface area contributed by atoms with Crippen LogP contribution in [-0.2, 0) is 4.74 Å². The van der Waals surface area contributed by atoms with Crippen molar-refractivity contribution in [1.82, 2.24) is 4.90 Å². The molecule has 1 unspecified atom stereocenters. The Balaban J connectivity index is 2.01. The first-order chi connectivity index (χ1) is 9.61. The molecule has 4 heteroatoms. The summed E-state index contributed by atoms with van der Waals surface area (Å²) < 4.78 is 5.93. The van der Waals surface area contributed by atoms with Crippen LogP contribution in [0.2, 0.25) is 0 Å². The van der Waals surface area contributed by atoms with Crippen LogP contribution in [0, 0.1) is 0 Å². The molecule has 0 amide bonds. The molecule has 0 spiro atoms. The molecule has 0 aromatic heterocycles. The van der Waals surface area contributed by atoms with E-state index in [0.717, 1.165) is 44.2 Å². The topological polar surface area (TPSA) is 41.7 Å². The average Bonchev–Trinajstić information content (AvgIpc) is 2.46. The Morgan fingerprint density at radius 2 is 2.15 bits per heavy atom. The van der Waals surface area contributed by atoms with Gasteiger partial charge in [-0.2, -0.15) is 0 Å². The zero-order valence-corrected chi connectivity index (χ0v) is 12.9. The van der Waals surface area contributed by atoms with Crippen molar-refractivity contribution in [3.05, 3.63) is 24.3 Å². The summed E-state index contributed by atoms with van der Waals surface area (Å²) in [5, 5.41) is 0. The van der Waals surface area contributed by atoms with Crippen LogP contribution in [0.25, 0.3) is 0 Å². The van der Waals surface area contributed by atoms with Gasteiger partial charge >= 0.3 is 0 Å². The van der Waals surface area contributed by atoms with E-state index in [-0.39, 0.29) is 6.10 Å². The van der Waals surface area contributed by atoms with Gasteiger partial charge in [0.15, 0.2) is 0 Å². The zero-order valence-electron chi connectivity index (χ0n) is 12.9. The fraction of sp³-hybridized carbons (Fsp3) is 0.625. The lowest BCUT2D eigenvalue weighted by atomic mass is 10.2. The second kappa shape index (κ2) is 6.95. The van der Waals surface area contributed by atoms with Crippen LogP contribution in [0.15, 0.2) is 24.3 Å². The minimum atomic E-state index is 0.255. The fourth-order valence-corrected chi connectivity index (χ4v) is 2.74. The predicted octanol–water partition coefficient (Wildman–Crippen LogP) is 2.20. The molecule has 112 valence electrons. The zero-order chi connectivity index (χ0) is 14.5. The number of hydrogen-bond donors (Lipinski definition) is 1. The Kier molecular flexibility index (Phi) is 5.26. The maximum atomic E-state index is 6.08. The summed E-state index contributed by atoms with van der Waals surface area (Å²) in [7, 11) is 0. The molecule has 0 bridgehead atoms. The number of benzene rings is 1. The predicted molar refractivity (Wildman–Crippen MR) is 85.2 cm³/mol. The van der Waals surface area contributed by atoms with Crippen molar-refractivity contribution in [3.63, 3.8) is 0 Å². The van der Waals surface area contributed by atoms with Crippen LogP contribution in [0.1, 0.15) is 20.8 Å². The van der Waals surface area contributed by atoms with Crippen LogP contribution in [0.4, 0.5) is 11.4 Å². The first kappa shape index (κ1) is 15.1. The van der Waals surface area contributed by atoms with Gasteiger partial charge in [-0.1, -0.05) is 12.1 Å². The number of ether oxygens (including phenoxy) is 1. The molecule has 1 aromatic carbocycles. The van der Waals surface area contributed by atoms with Crippen molar-refractivity contribution in [2.75, 3.05) is 43.4 Å². The lowest BCUT2D eigenvalue weighted by molar-refractivity contribution is -0.0341. The Morgan fingerprint density at radius 1 is 1.40 bits per heavy atom. The number of nitrogen functional groups attached to an aromatic ring is 1. The number of para-hydroxylation sites is 2. The van der Waals surface area contributed by atoms with Crippen molar-refractivity contribution in [2.45, 2.75) is 32.9 Å². The second-order valence-corrected chi connectivity index (χ2v) is 5.68. The van der Waals surface area contributed by atoms with Crippen LogP contribution in [0.3, 0.4) is 0 Å². The third-order valence-corrected chi connectivity index (χ3v) is 3.98. The number of morpholine rings is 1. The summed E-state index contributed by atoms with van der Waals surface area (Å²) in [5.41, 5.74) is 8.03. The van der Waals surface area contributed by atoms with Gasteiger partial charge in [0.25, 0.3) is 0 Å². The first-order valence-corrected chi connectivity index (χ1v) is 7.57. The number of anilines is 2. The Bertz CT molecular complexity index is 422. The molecule has 2 N–H and O–H groups in total. The highest BCUT2D eigenvalue weighted by atomic mass is 16.5. The summed E-state index contributed by atoms with van der Waals surface area (Å²) in [6.07, 6.45) is 0.255. The highest BCUT2D eigenvalue weighted by Crippen LogP contribution is 2.23. The van der Waals surface area contributed by atoms with Gasteiger partial charge in [-0.3, -0.25) is 4.90 Å². The van der Waals surface area contributed by atoms with Crippen molar-refractivity contribution < 1.29 is 4.74 Å². The summed E-state index contributed by atoms with van der Waals surface area (Å²) in [5.74, 6) is 0. The monoisotopic (exact) mass is 277 g/mol. The summed E-state index contributed by atoms with van der Waals surface area (Å²) >= 11 is 0. The van der Waals surface area contributed by atoms with Gasteiger partial charge in [0.2, 0.25) is 0 Å². The van der Waals surface area contributed by atoms with Gasteiger partial charge in [0, 0.05) is 32.2 Å². The number of nitrogens with two attached hydrogens (primary N) is 1. The summed E-state index contributed by atoms with van der Waals surface area (Å²) in [6, 6.07) is 8.64. The normalized spacial score (nSPS) is 20.3. The third kappa shape index (κ3) is 3.64. The van der Waals surface area contributed by atoms with Crippen LogP contribution >= 0.6 is 0 Å². The second-order valence-electron chi connectivity index (χ2n) is 5.68. The lowest BCUT2D eigenvalue weighted by Crippen LogP contribution is -2.49. The quantitative estimate of drug-likeness (QED) is 0.838. The molecule has 0 aliphatic carbocycles. The summed E-state index contributed by atoms with van der Waals surface area (Å²) in [4.78, 5) is 4.79. The lowest BCUT2D eigenvalue weighted by Gasteiger charge is -2.38. The number of rotatable bonds is 5. The number of hydrogen-bond acceptors (Lipinski definition) is 4. The molecule has 1 aliphatic rings. The molecule has 2 rings (SSSR count). The van der Waals surface area contributed by atoms with Gasteiger partial charge in [-0.15, -0.1) is 0 Å². The van der Waals surface area contributed by atoms with E-state index in [1.807, 2.05) is 18.2 Å². The van der Waals surface area contributed by atoms with Gasteiger partial charge in [0.1, 0.15) is 0 Å². The number of likely N-dealkylation sites (N-methyl/N-ethyl adjacent to an activating group) is 1. The fourth-order valence-electron chi connectivity index (χ4n) is 2.74. The van der Waals surface area contributed by atoms with Gasteiger partial charge in [-0.05, 0) is 32.9 Å². The Labute approximate surface area is 122 Å². The van der Waals surface area contributed by atoms with Crippen molar-refractivity contribution in [1.29, 1.82) is 0 Å². The van der Waals surface area contributed by atoms with E-state index in [1.165, 1.54) is 0 Å². The van der Waals surface area contributed by atoms with Crippen LogP contribution in [-0.4, -0.2) is 49.8 Å². The average molecular weight is 277 g/mol. The molecule has 1 aliphatic heterocycles. The first-order valence-electron chi connectivity index (χ1n) is 7.57. The highest BCUT2D eigenvalue weighted by molar-refractivity contribution is 5.67. The summed E-state index contributed by atoms with van der Waals surface area (Å²) in [6.45, 7) is 11.4. The van der Waals surface area contributed by atoms with E-state index < -0.39 is 0 Å². The molecule has 1 heterocycles. The molecule has 1 fully saturated rings. The molecule has 1 aromatic rings. The smallest absolute Gasteiger partial charge is 0.0877 e. The van der Waals surface area contributed by atoms with E-state index in [1.54, 1.807) is 0 Å². The number of nitrogens with zero attached hydrogens (tertiary/aromatic N) is 2. The third-order valence-electron chi connectivity index (χ3n) is 3.98. The largest absolute Gasteiger partial charge is 0.397 e. The van der Waals surface area contributed by atoms with Crippen molar-refractivity contribution in [3.8, 4) is 0 Å². The van der Waals surface area contributed by atoms with Crippen molar-refractivity contribution in [2.24, 2.45) is 0 Å². The van der Waals surface area contributed by atoms with E-state index >= 15 is 0 Å². The molecular formula is C16H27N3O. The highest BCUT2D eigenvalue weighted by Gasteiger charge is 2.24. The standard InChI is InChI=1S/C16H27N3O/c1-4-18(16-8-6-5-7-15(16)17)11-14-12-19(13(2)3)9-10-20-14/h5-8,13-14H,4,9-12,17H2,1-3H3. The van der Waals surface area contributed by atoms with Crippen LogP contribution in [0.5, 0.6) is 0 Å².